The molecule has 3 heterocycles. The van der Waals surface area contributed by atoms with Crippen LogP contribution in [0.15, 0.2) is 9.42 Å². The summed E-state index contributed by atoms with van der Waals surface area (Å²) < 4.78 is 38.7. The van der Waals surface area contributed by atoms with E-state index in [0.717, 1.165) is 32.5 Å². The largest absolute Gasteiger partial charge is 0.381 e. The average molecular weight is 357 g/mol. The molecule has 2 fully saturated rings. The predicted octanol–water partition coefficient (Wildman–Crippen LogP) is 1.46. The summed E-state index contributed by atoms with van der Waals surface area (Å²) in [5.74, 6) is 0.334. The molecule has 24 heavy (non-hydrogen) atoms. The van der Waals surface area contributed by atoms with Gasteiger partial charge in [-0.15, -0.1) is 0 Å². The van der Waals surface area contributed by atoms with Crippen molar-refractivity contribution in [2.24, 2.45) is 5.41 Å². The van der Waals surface area contributed by atoms with Crippen LogP contribution in [-0.2, 0) is 14.8 Å². The first kappa shape index (κ1) is 17.8. The molecule has 0 aliphatic carbocycles. The number of nitrogens with one attached hydrogen (secondary N) is 1. The zero-order chi connectivity index (χ0) is 17.2. The molecule has 136 valence electrons. The van der Waals surface area contributed by atoms with Crippen LogP contribution < -0.4 is 4.72 Å². The van der Waals surface area contributed by atoms with E-state index >= 15 is 0 Å². The second-order valence-corrected chi connectivity index (χ2v) is 8.78. The van der Waals surface area contributed by atoms with Crippen molar-refractivity contribution in [3.63, 3.8) is 0 Å². The van der Waals surface area contributed by atoms with E-state index in [1.165, 1.54) is 12.8 Å². The Morgan fingerprint density at radius 3 is 2.46 bits per heavy atom. The number of aryl methyl sites for hydroxylation is 2. The fourth-order valence-corrected chi connectivity index (χ4v) is 5.27. The molecule has 0 atom stereocenters. The van der Waals surface area contributed by atoms with Crippen LogP contribution >= 0.6 is 0 Å². The van der Waals surface area contributed by atoms with E-state index in [0.29, 0.717) is 31.2 Å². The Bertz CT molecular complexity index is 639. The molecule has 2 aliphatic rings. The predicted molar refractivity (Wildman–Crippen MR) is 89.3 cm³/mol. The highest BCUT2D eigenvalue weighted by Gasteiger charge is 2.37. The maximum atomic E-state index is 12.7. The van der Waals surface area contributed by atoms with Crippen LogP contribution in [0.1, 0.15) is 37.1 Å². The van der Waals surface area contributed by atoms with Crippen LogP contribution in [0.25, 0.3) is 0 Å². The molecular formula is C16H27N3O4S. The quantitative estimate of drug-likeness (QED) is 0.830. The fourth-order valence-electron chi connectivity index (χ4n) is 3.79. The summed E-state index contributed by atoms with van der Waals surface area (Å²) in [6, 6.07) is 0. The van der Waals surface area contributed by atoms with Crippen LogP contribution in [0.3, 0.4) is 0 Å². The minimum atomic E-state index is -3.61. The number of aromatic nitrogens is 1. The van der Waals surface area contributed by atoms with Crippen LogP contribution in [0, 0.1) is 19.3 Å². The second-order valence-electron chi connectivity index (χ2n) is 7.07. The third-order valence-corrected chi connectivity index (χ3v) is 6.83. The maximum absolute atomic E-state index is 12.7. The molecule has 0 radical (unpaired) electrons. The Morgan fingerprint density at radius 1 is 1.21 bits per heavy atom. The Morgan fingerprint density at radius 2 is 1.88 bits per heavy atom. The Balaban J connectivity index is 1.73. The van der Waals surface area contributed by atoms with E-state index in [2.05, 4.69) is 14.8 Å². The smallest absolute Gasteiger partial charge is 0.245 e. The maximum Gasteiger partial charge on any atom is 0.245 e. The highest BCUT2D eigenvalue weighted by Crippen LogP contribution is 2.33. The average Bonchev–Trinajstić information content (AvgIpc) is 3.16. The Labute approximate surface area is 143 Å². The van der Waals surface area contributed by atoms with Crippen molar-refractivity contribution in [1.29, 1.82) is 0 Å². The van der Waals surface area contributed by atoms with Gasteiger partial charge in [-0.1, -0.05) is 5.16 Å². The normalized spacial score (nSPS) is 22.1. The lowest BCUT2D eigenvalue weighted by Crippen LogP contribution is -2.48. The van der Waals surface area contributed by atoms with Gasteiger partial charge in [-0.25, -0.2) is 13.1 Å². The van der Waals surface area contributed by atoms with E-state index in [1.54, 1.807) is 13.8 Å². The van der Waals surface area contributed by atoms with Gasteiger partial charge in [-0.3, -0.25) is 0 Å². The van der Waals surface area contributed by atoms with E-state index in [4.69, 9.17) is 9.26 Å². The van der Waals surface area contributed by atoms with E-state index in [1.807, 2.05) is 0 Å². The minimum absolute atomic E-state index is 0.0609. The first-order chi connectivity index (χ1) is 11.4. The van der Waals surface area contributed by atoms with Gasteiger partial charge in [-0.2, -0.15) is 0 Å². The van der Waals surface area contributed by atoms with Crippen molar-refractivity contribution in [3.8, 4) is 0 Å². The number of hydrogen-bond acceptors (Lipinski definition) is 6. The zero-order valence-corrected chi connectivity index (χ0v) is 15.3. The van der Waals surface area contributed by atoms with Crippen molar-refractivity contribution in [2.75, 3.05) is 39.4 Å². The van der Waals surface area contributed by atoms with Crippen molar-refractivity contribution >= 4 is 10.0 Å². The Hall–Kier alpha value is -0.960. The van der Waals surface area contributed by atoms with Crippen LogP contribution in [0.4, 0.5) is 0 Å². The molecule has 2 aliphatic heterocycles. The lowest BCUT2D eigenvalue weighted by atomic mass is 9.80. The van der Waals surface area contributed by atoms with E-state index in [9.17, 15) is 8.42 Å². The number of sulfonamides is 1. The molecule has 2 saturated heterocycles. The van der Waals surface area contributed by atoms with Crippen LogP contribution in [0.2, 0.25) is 0 Å². The summed E-state index contributed by atoms with van der Waals surface area (Å²) in [4.78, 5) is 2.63. The van der Waals surface area contributed by atoms with Crippen LogP contribution in [-0.4, -0.2) is 57.9 Å². The van der Waals surface area contributed by atoms with Gasteiger partial charge in [0.05, 0.1) is 0 Å². The number of hydrogen-bond donors (Lipinski definition) is 1. The summed E-state index contributed by atoms with van der Waals surface area (Å²) >= 11 is 0. The van der Waals surface area contributed by atoms with Gasteiger partial charge in [0, 0.05) is 31.7 Å². The summed E-state index contributed by atoms with van der Waals surface area (Å²) in [6.45, 7) is 8.25. The lowest BCUT2D eigenvalue weighted by Gasteiger charge is -2.40. The molecule has 0 unspecified atom stereocenters. The summed E-state index contributed by atoms with van der Waals surface area (Å²) in [6.07, 6.45) is 4.23. The number of ether oxygens (including phenoxy) is 1. The van der Waals surface area contributed by atoms with E-state index < -0.39 is 10.0 Å². The van der Waals surface area contributed by atoms with Gasteiger partial charge in [0.1, 0.15) is 10.6 Å². The summed E-state index contributed by atoms with van der Waals surface area (Å²) in [7, 11) is -3.61. The van der Waals surface area contributed by atoms with Crippen molar-refractivity contribution in [2.45, 2.75) is 44.4 Å². The highest BCUT2D eigenvalue weighted by atomic mass is 32.2. The molecular weight excluding hydrogens is 330 g/mol. The number of nitrogens with zero attached hydrogens (tertiary/aromatic N) is 2. The van der Waals surface area contributed by atoms with Crippen molar-refractivity contribution in [1.82, 2.24) is 14.8 Å². The van der Waals surface area contributed by atoms with Crippen molar-refractivity contribution < 1.29 is 17.7 Å². The second kappa shape index (κ2) is 7.11. The molecule has 1 aromatic rings. The zero-order valence-electron chi connectivity index (χ0n) is 14.5. The number of rotatable bonds is 6. The monoisotopic (exact) mass is 357 g/mol. The third kappa shape index (κ3) is 3.82. The summed E-state index contributed by atoms with van der Waals surface area (Å²) in [5.41, 5.74) is 0.342. The lowest BCUT2D eigenvalue weighted by molar-refractivity contribution is 0.00156. The Kier molecular flexibility index (Phi) is 5.29. The standard InChI is InChI=1S/C16H27N3O4S/c1-13-15(14(2)23-18-13)24(20,21)17-11-16(5-9-22-10-6-16)12-19-7-3-4-8-19/h17H,3-12H2,1-2H3. The number of likely N-dealkylation sites (tertiary alicyclic amines) is 1. The molecule has 3 rings (SSSR count). The van der Waals surface area contributed by atoms with Gasteiger partial charge in [0.25, 0.3) is 0 Å². The van der Waals surface area contributed by atoms with Gasteiger partial charge >= 0.3 is 0 Å². The van der Waals surface area contributed by atoms with Crippen LogP contribution in [0.5, 0.6) is 0 Å². The topological polar surface area (TPSA) is 84.7 Å². The molecule has 0 saturated carbocycles. The van der Waals surface area contributed by atoms with Gasteiger partial charge in [0.2, 0.25) is 10.0 Å². The SMILES string of the molecule is Cc1noc(C)c1S(=O)(=O)NCC1(CN2CCCC2)CCOCC1. The molecule has 0 bridgehead atoms. The first-order valence-corrected chi connectivity index (χ1v) is 10.1. The van der Waals surface area contributed by atoms with E-state index in [-0.39, 0.29) is 10.3 Å². The molecule has 0 aromatic carbocycles. The van der Waals surface area contributed by atoms with Gasteiger partial charge < -0.3 is 14.2 Å². The molecule has 0 spiro atoms. The molecule has 0 amide bonds. The molecule has 7 nitrogen and oxygen atoms in total. The molecule has 1 aromatic heterocycles. The molecule has 1 N–H and O–H groups in total. The highest BCUT2D eigenvalue weighted by molar-refractivity contribution is 7.89. The minimum Gasteiger partial charge on any atom is -0.381 e. The summed E-state index contributed by atoms with van der Waals surface area (Å²) in [5, 5.41) is 3.76. The van der Waals surface area contributed by atoms with Gasteiger partial charge in [0.15, 0.2) is 5.76 Å². The fraction of sp³-hybridized carbons (Fsp3) is 0.812. The third-order valence-electron chi connectivity index (χ3n) is 5.18. The molecule has 8 heteroatoms. The van der Waals surface area contributed by atoms with Gasteiger partial charge in [-0.05, 0) is 52.6 Å². The first-order valence-electron chi connectivity index (χ1n) is 8.65. The van der Waals surface area contributed by atoms with Crippen molar-refractivity contribution in [3.05, 3.63) is 11.5 Å².